The van der Waals surface area contributed by atoms with Crippen LogP contribution in [-0.2, 0) is 17.8 Å². The summed E-state index contributed by atoms with van der Waals surface area (Å²) in [7, 11) is 0. The Labute approximate surface area is 135 Å². The van der Waals surface area contributed by atoms with E-state index in [0.717, 1.165) is 17.7 Å². The zero-order valence-electron chi connectivity index (χ0n) is 13.3. The van der Waals surface area contributed by atoms with E-state index in [1.807, 2.05) is 31.3 Å². The molecule has 1 aromatic heterocycles. The SMILES string of the molecule is CC(=O)N1CCc2cc(C(=O)NC(C)Cn3cccn3)ccc21. The van der Waals surface area contributed by atoms with Crippen LogP contribution in [0.3, 0.4) is 0 Å². The van der Waals surface area contributed by atoms with Gasteiger partial charge in [0.05, 0.1) is 6.54 Å². The fourth-order valence-corrected chi connectivity index (χ4v) is 2.91. The van der Waals surface area contributed by atoms with E-state index in [1.54, 1.807) is 28.8 Å². The van der Waals surface area contributed by atoms with E-state index in [-0.39, 0.29) is 17.9 Å². The Kier molecular flexibility index (Phi) is 4.14. The van der Waals surface area contributed by atoms with E-state index in [4.69, 9.17) is 0 Å². The van der Waals surface area contributed by atoms with Gasteiger partial charge < -0.3 is 10.2 Å². The first-order valence-electron chi connectivity index (χ1n) is 7.74. The third-order valence-electron chi connectivity index (χ3n) is 4.01. The lowest BCUT2D eigenvalue weighted by Gasteiger charge is -2.16. The predicted molar refractivity (Wildman–Crippen MR) is 87.3 cm³/mol. The molecule has 1 unspecified atom stereocenters. The smallest absolute Gasteiger partial charge is 0.251 e. The number of amides is 2. The molecule has 0 aliphatic carbocycles. The lowest BCUT2D eigenvalue weighted by Crippen LogP contribution is -2.35. The van der Waals surface area contributed by atoms with Crippen LogP contribution in [0.4, 0.5) is 5.69 Å². The highest BCUT2D eigenvalue weighted by atomic mass is 16.2. The maximum Gasteiger partial charge on any atom is 0.251 e. The van der Waals surface area contributed by atoms with Gasteiger partial charge in [-0.25, -0.2) is 0 Å². The number of benzene rings is 1. The van der Waals surface area contributed by atoms with Gasteiger partial charge in [-0.3, -0.25) is 14.3 Å². The van der Waals surface area contributed by atoms with Crippen LogP contribution in [0.25, 0.3) is 0 Å². The van der Waals surface area contributed by atoms with Crippen LogP contribution < -0.4 is 10.2 Å². The van der Waals surface area contributed by atoms with Crippen molar-refractivity contribution in [1.82, 2.24) is 15.1 Å². The molecule has 0 fully saturated rings. The standard InChI is InChI=1S/C17H20N4O2/c1-12(11-20-8-3-7-18-20)19-17(23)15-4-5-16-14(10-15)6-9-21(16)13(2)22/h3-5,7-8,10,12H,6,9,11H2,1-2H3,(H,19,23). The molecule has 0 spiro atoms. The van der Waals surface area contributed by atoms with Crippen molar-refractivity contribution in [3.8, 4) is 0 Å². The second kappa shape index (κ2) is 6.24. The maximum atomic E-state index is 12.4. The van der Waals surface area contributed by atoms with Gasteiger partial charge in [-0.1, -0.05) is 0 Å². The van der Waals surface area contributed by atoms with Gasteiger partial charge in [0.25, 0.3) is 5.91 Å². The molecule has 1 N–H and O–H groups in total. The Morgan fingerprint density at radius 2 is 2.22 bits per heavy atom. The summed E-state index contributed by atoms with van der Waals surface area (Å²) in [6.07, 6.45) is 4.38. The monoisotopic (exact) mass is 312 g/mol. The first kappa shape index (κ1) is 15.3. The fraction of sp³-hybridized carbons (Fsp3) is 0.353. The van der Waals surface area contributed by atoms with Gasteiger partial charge >= 0.3 is 0 Å². The van der Waals surface area contributed by atoms with Crippen molar-refractivity contribution in [3.05, 3.63) is 47.8 Å². The highest BCUT2D eigenvalue weighted by Gasteiger charge is 2.23. The van der Waals surface area contributed by atoms with E-state index >= 15 is 0 Å². The van der Waals surface area contributed by atoms with Gasteiger partial charge in [-0.15, -0.1) is 0 Å². The number of fused-ring (bicyclic) bond motifs is 1. The van der Waals surface area contributed by atoms with E-state index in [9.17, 15) is 9.59 Å². The third kappa shape index (κ3) is 3.26. The van der Waals surface area contributed by atoms with Crippen LogP contribution in [0.1, 0.15) is 29.8 Å². The summed E-state index contributed by atoms with van der Waals surface area (Å²) < 4.78 is 1.79. The van der Waals surface area contributed by atoms with Crippen molar-refractivity contribution in [2.24, 2.45) is 0 Å². The molecule has 23 heavy (non-hydrogen) atoms. The average molecular weight is 312 g/mol. The van der Waals surface area contributed by atoms with Crippen LogP contribution in [0, 0.1) is 0 Å². The van der Waals surface area contributed by atoms with Crippen molar-refractivity contribution < 1.29 is 9.59 Å². The number of nitrogens with zero attached hydrogens (tertiary/aromatic N) is 3. The number of hydrogen-bond acceptors (Lipinski definition) is 3. The van der Waals surface area contributed by atoms with Crippen LogP contribution >= 0.6 is 0 Å². The molecule has 2 aromatic rings. The van der Waals surface area contributed by atoms with Crippen LogP contribution in [0.5, 0.6) is 0 Å². The van der Waals surface area contributed by atoms with Crippen LogP contribution in [0.2, 0.25) is 0 Å². The number of anilines is 1. The van der Waals surface area contributed by atoms with Gasteiger partial charge in [-0.2, -0.15) is 5.10 Å². The number of aromatic nitrogens is 2. The minimum atomic E-state index is -0.103. The quantitative estimate of drug-likeness (QED) is 0.932. The zero-order valence-corrected chi connectivity index (χ0v) is 13.3. The van der Waals surface area contributed by atoms with E-state index in [0.29, 0.717) is 18.7 Å². The summed E-state index contributed by atoms with van der Waals surface area (Å²) in [5.41, 5.74) is 2.59. The summed E-state index contributed by atoms with van der Waals surface area (Å²) in [4.78, 5) is 25.7. The fourth-order valence-electron chi connectivity index (χ4n) is 2.91. The summed E-state index contributed by atoms with van der Waals surface area (Å²) in [5.74, 6) is -0.0671. The summed E-state index contributed by atoms with van der Waals surface area (Å²) in [5, 5.41) is 7.12. The number of carbonyl (C=O) groups excluding carboxylic acids is 2. The van der Waals surface area contributed by atoms with Crippen LogP contribution in [0.15, 0.2) is 36.7 Å². The normalized spacial score (nSPS) is 14.4. The largest absolute Gasteiger partial charge is 0.348 e. The Bertz CT molecular complexity index is 724. The van der Waals surface area contributed by atoms with Gasteiger partial charge in [0, 0.05) is 43.2 Å². The molecule has 0 saturated carbocycles. The molecule has 6 heteroatoms. The summed E-state index contributed by atoms with van der Waals surface area (Å²) in [6.45, 7) is 4.82. The number of hydrogen-bond donors (Lipinski definition) is 1. The van der Waals surface area contributed by atoms with Gasteiger partial charge in [0.15, 0.2) is 0 Å². The Hall–Kier alpha value is -2.63. The lowest BCUT2D eigenvalue weighted by atomic mass is 10.1. The topological polar surface area (TPSA) is 67.2 Å². The molecule has 1 atom stereocenters. The highest BCUT2D eigenvalue weighted by Crippen LogP contribution is 2.28. The van der Waals surface area contributed by atoms with Crippen molar-refractivity contribution >= 4 is 17.5 Å². The minimum absolute atomic E-state index is 0.0237. The van der Waals surface area contributed by atoms with Crippen LogP contribution in [-0.4, -0.2) is 34.2 Å². The van der Waals surface area contributed by atoms with E-state index < -0.39 is 0 Å². The lowest BCUT2D eigenvalue weighted by molar-refractivity contribution is -0.116. The van der Waals surface area contributed by atoms with Gasteiger partial charge in [-0.05, 0) is 43.2 Å². The molecule has 3 rings (SSSR count). The Morgan fingerprint density at radius 3 is 2.91 bits per heavy atom. The molecule has 2 heterocycles. The second-order valence-electron chi connectivity index (χ2n) is 5.87. The molecule has 0 bridgehead atoms. The minimum Gasteiger partial charge on any atom is -0.348 e. The van der Waals surface area contributed by atoms with Gasteiger partial charge in [0.1, 0.15) is 0 Å². The van der Waals surface area contributed by atoms with Crippen molar-refractivity contribution in [2.45, 2.75) is 32.9 Å². The molecule has 1 aliphatic rings. The first-order chi connectivity index (χ1) is 11.0. The summed E-state index contributed by atoms with van der Waals surface area (Å²) >= 11 is 0. The molecule has 1 aliphatic heterocycles. The maximum absolute atomic E-state index is 12.4. The third-order valence-corrected chi connectivity index (χ3v) is 4.01. The predicted octanol–water partition coefficient (Wildman–Crippen LogP) is 1.61. The number of rotatable bonds is 4. The molecule has 0 saturated heterocycles. The Balaban J connectivity index is 1.67. The van der Waals surface area contributed by atoms with Crippen molar-refractivity contribution in [1.29, 1.82) is 0 Å². The van der Waals surface area contributed by atoms with Crippen molar-refractivity contribution in [2.75, 3.05) is 11.4 Å². The first-order valence-corrected chi connectivity index (χ1v) is 7.74. The number of nitrogens with one attached hydrogen (secondary N) is 1. The molecule has 120 valence electrons. The Morgan fingerprint density at radius 1 is 1.39 bits per heavy atom. The van der Waals surface area contributed by atoms with Crippen molar-refractivity contribution in [3.63, 3.8) is 0 Å². The second-order valence-corrected chi connectivity index (χ2v) is 5.87. The molecular formula is C17H20N4O2. The molecule has 1 aromatic carbocycles. The summed E-state index contributed by atoms with van der Waals surface area (Å²) in [6, 6.07) is 7.35. The number of carbonyl (C=O) groups is 2. The van der Waals surface area contributed by atoms with E-state index in [1.165, 1.54) is 0 Å². The highest BCUT2D eigenvalue weighted by molar-refractivity contribution is 5.97. The molecular weight excluding hydrogens is 292 g/mol. The molecule has 0 radical (unpaired) electrons. The van der Waals surface area contributed by atoms with Gasteiger partial charge in [0.2, 0.25) is 5.91 Å². The zero-order chi connectivity index (χ0) is 16.4. The average Bonchev–Trinajstić information content (AvgIpc) is 3.14. The molecule has 6 nitrogen and oxygen atoms in total. The van der Waals surface area contributed by atoms with E-state index in [2.05, 4.69) is 10.4 Å². The molecule has 2 amide bonds.